The van der Waals surface area contributed by atoms with Crippen LogP contribution in [0.3, 0.4) is 0 Å². The number of thiophene rings is 1. The molecule has 8 nitrogen and oxygen atoms in total. The monoisotopic (exact) mass is 534 g/mol. The summed E-state index contributed by atoms with van der Waals surface area (Å²) in [6.45, 7) is 7.43. The fraction of sp³-hybridized carbons (Fsp3) is 0.148. The van der Waals surface area contributed by atoms with Gasteiger partial charge in [0.05, 0.1) is 16.7 Å². The molecule has 0 aliphatic rings. The van der Waals surface area contributed by atoms with Gasteiger partial charge < -0.3 is 14.7 Å². The van der Waals surface area contributed by atoms with Gasteiger partial charge in [-0.1, -0.05) is 54.6 Å². The lowest BCUT2D eigenvalue weighted by atomic mass is 10.1. The lowest BCUT2D eigenvalue weighted by Gasteiger charge is -2.20. The standard InChI is InChI=1S/C27H27N4O4PS/c1-6-13-28-25-16-21(29-31(25)4)19-8-10-20(11-9-19)24-15-22(26(37-24)27(32)33)30-36(34,35-5)23-12-7-17(2)14-18(23)3/h6-16H,1H2,2-5H3,(H,30,34)(H,32,33)/b28-13-. The number of aromatic nitrogens is 2. The van der Waals surface area contributed by atoms with Gasteiger partial charge in [0.25, 0.3) is 0 Å². The summed E-state index contributed by atoms with van der Waals surface area (Å²) in [5, 5.41) is 17.8. The zero-order chi connectivity index (χ0) is 26.7. The van der Waals surface area contributed by atoms with E-state index in [-0.39, 0.29) is 10.6 Å². The molecule has 0 aliphatic carbocycles. The van der Waals surface area contributed by atoms with E-state index in [1.165, 1.54) is 7.11 Å². The van der Waals surface area contributed by atoms with E-state index in [1.54, 1.807) is 29.1 Å². The third-order valence-corrected chi connectivity index (χ3v) is 9.11. The van der Waals surface area contributed by atoms with Crippen molar-refractivity contribution in [1.82, 2.24) is 9.78 Å². The number of carbonyl (C=O) groups is 1. The van der Waals surface area contributed by atoms with Gasteiger partial charge in [0, 0.05) is 36.9 Å². The molecule has 1 atom stereocenters. The summed E-state index contributed by atoms with van der Waals surface area (Å²) in [7, 11) is -0.400. The van der Waals surface area contributed by atoms with Crippen molar-refractivity contribution in [2.24, 2.45) is 12.0 Å². The Morgan fingerprint density at radius 1 is 1.16 bits per heavy atom. The Morgan fingerprint density at radius 2 is 1.86 bits per heavy atom. The molecule has 2 aromatic heterocycles. The summed E-state index contributed by atoms with van der Waals surface area (Å²) in [5.74, 6) is -0.412. The van der Waals surface area contributed by atoms with Crippen LogP contribution in [0.5, 0.6) is 0 Å². The van der Waals surface area contributed by atoms with E-state index >= 15 is 0 Å². The number of carboxylic acids is 1. The molecule has 0 saturated carbocycles. The molecular weight excluding hydrogens is 507 g/mol. The Morgan fingerprint density at radius 3 is 2.49 bits per heavy atom. The van der Waals surface area contributed by atoms with Crippen molar-refractivity contribution in [2.45, 2.75) is 13.8 Å². The van der Waals surface area contributed by atoms with Crippen molar-refractivity contribution >= 4 is 47.9 Å². The minimum Gasteiger partial charge on any atom is -0.477 e. The van der Waals surface area contributed by atoms with Crippen molar-refractivity contribution in [3.05, 3.63) is 83.3 Å². The van der Waals surface area contributed by atoms with Crippen molar-refractivity contribution in [3.8, 4) is 21.7 Å². The molecule has 4 rings (SSSR count). The van der Waals surface area contributed by atoms with Gasteiger partial charge in [-0.05, 0) is 37.1 Å². The highest BCUT2D eigenvalue weighted by Gasteiger charge is 2.30. The van der Waals surface area contributed by atoms with Crippen LogP contribution >= 0.6 is 18.9 Å². The highest BCUT2D eigenvalue weighted by Crippen LogP contribution is 2.48. The number of allylic oxidation sites excluding steroid dienone is 1. The molecule has 0 bridgehead atoms. The molecule has 190 valence electrons. The fourth-order valence-electron chi connectivity index (χ4n) is 3.93. The topological polar surface area (TPSA) is 106 Å². The average molecular weight is 535 g/mol. The highest BCUT2D eigenvalue weighted by atomic mass is 32.1. The van der Waals surface area contributed by atoms with E-state index in [2.05, 4.69) is 21.8 Å². The smallest absolute Gasteiger partial charge is 0.348 e. The fourth-order valence-corrected chi connectivity index (χ4v) is 6.66. The maximum Gasteiger partial charge on any atom is 0.348 e. The maximum absolute atomic E-state index is 13.8. The van der Waals surface area contributed by atoms with Crippen LogP contribution in [0.2, 0.25) is 0 Å². The normalized spacial score (nSPS) is 13.0. The van der Waals surface area contributed by atoms with E-state index in [4.69, 9.17) is 4.52 Å². The van der Waals surface area contributed by atoms with Gasteiger partial charge in [0.2, 0.25) is 0 Å². The predicted molar refractivity (Wildman–Crippen MR) is 151 cm³/mol. The number of nitrogens with zero attached hydrogens (tertiary/aromatic N) is 3. The number of aliphatic imine (C=N–C) groups is 1. The van der Waals surface area contributed by atoms with Crippen molar-refractivity contribution < 1.29 is 19.0 Å². The van der Waals surface area contributed by atoms with E-state index in [0.717, 1.165) is 39.3 Å². The van der Waals surface area contributed by atoms with Gasteiger partial charge in [0.1, 0.15) is 4.88 Å². The van der Waals surface area contributed by atoms with E-state index in [9.17, 15) is 14.5 Å². The summed E-state index contributed by atoms with van der Waals surface area (Å²) in [5.41, 5.74) is 4.56. The molecule has 2 aromatic carbocycles. The zero-order valence-corrected chi connectivity index (χ0v) is 22.6. The van der Waals surface area contributed by atoms with Crippen molar-refractivity contribution in [1.29, 1.82) is 0 Å². The number of carboxylic acid groups (broad SMARTS) is 1. The molecule has 2 heterocycles. The van der Waals surface area contributed by atoms with Crippen LogP contribution in [0, 0.1) is 13.8 Å². The molecule has 0 saturated heterocycles. The Kier molecular flexibility index (Phi) is 7.59. The van der Waals surface area contributed by atoms with Crippen LogP contribution in [-0.2, 0) is 16.1 Å². The molecule has 1 unspecified atom stereocenters. The molecule has 0 aliphatic heterocycles. The minimum atomic E-state index is -3.57. The predicted octanol–water partition coefficient (Wildman–Crippen LogP) is 6.60. The minimum absolute atomic E-state index is 0.0514. The van der Waals surface area contributed by atoms with Gasteiger partial charge in [-0.2, -0.15) is 5.10 Å². The second kappa shape index (κ2) is 10.7. The second-order valence-corrected chi connectivity index (χ2v) is 11.6. The summed E-state index contributed by atoms with van der Waals surface area (Å²) >= 11 is 1.10. The lowest BCUT2D eigenvalue weighted by molar-refractivity contribution is 0.0703. The SMILES string of the molecule is C=C/C=N\c1cc(-c2ccc(-c3cc(NP(=O)(OC)c4ccc(C)cc4C)c(C(=O)O)s3)cc2)nn1C. The molecule has 10 heteroatoms. The van der Waals surface area contributed by atoms with Crippen molar-refractivity contribution in [3.63, 3.8) is 0 Å². The molecule has 0 radical (unpaired) electrons. The van der Waals surface area contributed by atoms with Crippen LogP contribution in [-0.4, -0.2) is 34.2 Å². The highest BCUT2D eigenvalue weighted by molar-refractivity contribution is 7.68. The Bertz CT molecular complexity index is 1550. The van der Waals surface area contributed by atoms with Crippen LogP contribution in [0.4, 0.5) is 11.5 Å². The number of nitrogens with one attached hydrogen (secondary N) is 1. The summed E-state index contributed by atoms with van der Waals surface area (Å²) in [6.07, 6.45) is 3.21. The van der Waals surface area contributed by atoms with E-state index < -0.39 is 13.5 Å². The molecule has 0 amide bonds. The molecule has 37 heavy (non-hydrogen) atoms. The van der Waals surface area contributed by atoms with Crippen LogP contribution in [0.1, 0.15) is 20.8 Å². The van der Waals surface area contributed by atoms with Crippen molar-refractivity contribution in [2.75, 3.05) is 12.2 Å². The Hall–Kier alpha value is -3.78. The molecule has 4 aromatic rings. The second-order valence-electron chi connectivity index (χ2n) is 8.40. The quantitative estimate of drug-likeness (QED) is 0.185. The van der Waals surface area contributed by atoms with Crippen LogP contribution in [0.15, 0.2) is 72.2 Å². The molecule has 0 spiro atoms. The third kappa shape index (κ3) is 5.49. The number of aryl methyl sites for hydroxylation is 3. The number of hydrogen-bond acceptors (Lipinski definition) is 6. The first-order valence-electron chi connectivity index (χ1n) is 11.3. The first kappa shape index (κ1) is 26.3. The van der Waals surface area contributed by atoms with E-state index in [0.29, 0.717) is 16.0 Å². The zero-order valence-electron chi connectivity index (χ0n) is 20.9. The number of anilines is 1. The summed E-state index contributed by atoms with van der Waals surface area (Å²) in [6, 6.07) is 16.7. The third-order valence-electron chi connectivity index (χ3n) is 5.75. The molecule has 0 fully saturated rings. The number of hydrogen-bond donors (Lipinski definition) is 2. The van der Waals surface area contributed by atoms with Crippen LogP contribution in [0.25, 0.3) is 21.7 Å². The van der Waals surface area contributed by atoms with E-state index in [1.807, 2.05) is 63.4 Å². The maximum atomic E-state index is 13.8. The molecule has 2 N–H and O–H groups in total. The summed E-state index contributed by atoms with van der Waals surface area (Å²) < 4.78 is 20.9. The number of rotatable bonds is 9. The van der Waals surface area contributed by atoms with Gasteiger partial charge >= 0.3 is 13.5 Å². The largest absolute Gasteiger partial charge is 0.477 e. The lowest BCUT2D eigenvalue weighted by Crippen LogP contribution is -2.17. The van der Waals surface area contributed by atoms with Gasteiger partial charge in [-0.3, -0.25) is 9.25 Å². The average Bonchev–Trinajstić information content (AvgIpc) is 3.46. The first-order valence-corrected chi connectivity index (χ1v) is 13.8. The first-order chi connectivity index (χ1) is 17.6. The Balaban J connectivity index is 1.66. The van der Waals surface area contributed by atoms with Gasteiger partial charge in [-0.25, -0.2) is 9.79 Å². The van der Waals surface area contributed by atoms with Gasteiger partial charge in [0.15, 0.2) is 5.82 Å². The van der Waals surface area contributed by atoms with Crippen LogP contribution < -0.4 is 10.4 Å². The Labute approximate surface area is 219 Å². The van der Waals surface area contributed by atoms with Gasteiger partial charge in [-0.15, -0.1) is 11.3 Å². The molecular formula is C27H27N4O4PS. The summed E-state index contributed by atoms with van der Waals surface area (Å²) in [4.78, 5) is 17.1. The number of aromatic carboxylic acids is 1. The number of benzene rings is 2.